The number of nitrogens with zero attached hydrogens (tertiary/aromatic N) is 3. The van der Waals surface area contributed by atoms with Gasteiger partial charge in [0.25, 0.3) is 0 Å². The Bertz CT molecular complexity index is 797. The van der Waals surface area contributed by atoms with Crippen LogP contribution in [0.2, 0.25) is 0 Å². The number of carbonyl (C=O) groups is 1. The molecule has 1 aromatic carbocycles. The van der Waals surface area contributed by atoms with Crippen molar-refractivity contribution >= 4 is 11.6 Å². The minimum absolute atomic E-state index is 0.118. The molecule has 1 N–H and O–H groups in total. The number of anilines is 1. The van der Waals surface area contributed by atoms with Gasteiger partial charge in [-0.2, -0.15) is 4.98 Å². The molecule has 0 saturated carbocycles. The highest BCUT2D eigenvalue weighted by molar-refractivity contribution is 5.92. The Kier molecular flexibility index (Phi) is 5.65. The Hall–Kier alpha value is -2.61. The van der Waals surface area contributed by atoms with E-state index < -0.39 is 0 Å². The van der Waals surface area contributed by atoms with Crippen LogP contribution in [-0.2, 0) is 16.8 Å². The van der Waals surface area contributed by atoms with E-state index in [0.29, 0.717) is 55.2 Å². The first-order chi connectivity index (χ1) is 12.8. The van der Waals surface area contributed by atoms with Gasteiger partial charge in [0.2, 0.25) is 11.8 Å². The molecular formula is C19H26N4O4. The Morgan fingerprint density at radius 1 is 1.22 bits per heavy atom. The van der Waals surface area contributed by atoms with Crippen LogP contribution in [0.4, 0.5) is 5.69 Å². The highest BCUT2D eigenvalue weighted by Crippen LogP contribution is 2.32. The van der Waals surface area contributed by atoms with Crippen molar-refractivity contribution in [2.75, 3.05) is 31.6 Å². The number of hydrogen-bond donors (Lipinski definition) is 1. The van der Waals surface area contributed by atoms with Crippen molar-refractivity contribution in [3.8, 4) is 11.5 Å². The number of rotatable bonds is 6. The predicted octanol–water partition coefficient (Wildman–Crippen LogP) is 2.60. The van der Waals surface area contributed by atoms with Crippen molar-refractivity contribution in [2.45, 2.75) is 39.7 Å². The highest BCUT2D eigenvalue weighted by atomic mass is 16.6. The quantitative estimate of drug-likeness (QED) is 0.831. The molecule has 0 aliphatic carbocycles. The maximum atomic E-state index is 12.4. The van der Waals surface area contributed by atoms with Crippen molar-refractivity contribution < 1.29 is 18.8 Å². The van der Waals surface area contributed by atoms with E-state index in [9.17, 15) is 4.79 Å². The van der Waals surface area contributed by atoms with E-state index in [1.807, 2.05) is 32.6 Å². The van der Waals surface area contributed by atoms with Gasteiger partial charge in [0.05, 0.1) is 13.1 Å². The van der Waals surface area contributed by atoms with Crippen LogP contribution in [0.5, 0.6) is 11.5 Å². The third-order valence-electron chi connectivity index (χ3n) is 4.12. The molecule has 8 heteroatoms. The van der Waals surface area contributed by atoms with Crippen molar-refractivity contribution in [2.24, 2.45) is 0 Å². The Morgan fingerprint density at radius 2 is 1.96 bits per heavy atom. The van der Waals surface area contributed by atoms with Crippen molar-refractivity contribution in [1.29, 1.82) is 0 Å². The van der Waals surface area contributed by atoms with Gasteiger partial charge in [-0.25, -0.2) is 0 Å². The number of ether oxygens (including phenoxy) is 2. The first-order valence-corrected chi connectivity index (χ1v) is 9.10. The second-order valence-corrected chi connectivity index (χ2v) is 7.48. The first kappa shape index (κ1) is 19.2. The smallest absolute Gasteiger partial charge is 0.238 e. The zero-order valence-corrected chi connectivity index (χ0v) is 16.2. The molecule has 1 aliphatic rings. The van der Waals surface area contributed by atoms with Crippen LogP contribution >= 0.6 is 0 Å². The topological polar surface area (TPSA) is 89.7 Å². The summed E-state index contributed by atoms with van der Waals surface area (Å²) in [5.41, 5.74) is 0.479. The fourth-order valence-corrected chi connectivity index (χ4v) is 2.63. The molecule has 1 amide bonds. The van der Waals surface area contributed by atoms with Crippen LogP contribution in [0.25, 0.3) is 0 Å². The van der Waals surface area contributed by atoms with Gasteiger partial charge >= 0.3 is 0 Å². The van der Waals surface area contributed by atoms with E-state index in [4.69, 9.17) is 14.0 Å². The van der Waals surface area contributed by atoms with Crippen molar-refractivity contribution in [1.82, 2.24) is 15.0 Å². The molecule has 1 aliphatic heterocycles. The number of likely N-dealkylation sites (N-methyl/N-ethyl adjacent to an activating group) is 1. The lowest BCUT2D eigenvalue weighted by Gasteiger charge is -2.20. The van der Waals surface area contributed by atoms with Gasteiger partial charge in [0.15, 0.2) is 17.3 Å². The summed E-state index contributed by atoms with van der Waals surface area (Å²) in [6.45, 7) is 10.4. The molecule has 0 saturated heterocycles. The number of fused-ring (bicyclic) bond motifs is 1. The monoisotopic (exact) mass is 374 g/mol. The zero-order chi connectivity index (χ0) is 19.4. The number of benzene rings is 1. The van der Waals surface area contributed by atoms with E-state index in [-0.39, 0.29) is 17.9 Å². The minimum Gasteiger partial charge on any atom is -0.486 e. The normalized spacial score (nSPS) is 13.7. The fraction of sp³-hybridized carbons (Fsp3) is 0.526. The number of aromatic nitrogens is 2. The number of amides is 1. The standard InChI is InChI=1S/C19H26N4O4/c1-5-23(11-16-21-18(27-22-16)19(2,3)4)12-17(24)20-13-6-7-14-15(10-13)26-9-8-25-14/h6-7,10H,5,8-9,11-12H2,1-4H3,(H,20,24). The summed E-state index contributed by atoms with van der Waals surface area (Å²) < 4.78 is 16.3. The summed E-state index contributed by atoms with van der Waals surface area (Å²) in [6, 6.07) is 5.38. The summed E-state index contributed by atoms with van der Waals surface area (Å²) in [5, 5.41) is 6.91. The van der Waals surface area contributed by atoms with Crippen LogP contribution in [0.1, 0.15) is 39.4 Å². The second-order valence-electron chi connectivity index (χ2n) is 7.48. The number of carbonyl (C=O) groups excluding carboxylic acids is 1. The van der Waals surface area contributed by atoms with Gasteiger partial charge in [-0.3, -0.25) is 9.69 Å². The molecule has 0 atom stereocenters. The molecule has 3 rings (SSSR count). The Labute approximate surface area is 158 Å². The van der Waals surface area contributed by atoms with Gasteiger partial charge in [0, 0.05) is 17.2 Å². The summed E-state index contributed by atoms with van der Waals surface area (Å²) in [7, 11) is 0. The molecule has 27 heavy (non-hydrogen) atoms. The third-order valence-corrected chi connectivity index (χ3v) is 4.12. The van der Waals surface area contributed by atoms with Crippen LogP contribution in [-0.4, -0.2) is 47.3 Å². The zero-order valence-electron chi connectivity index (χ0n) is 16.2. The summed E-state index contributed by atoms with van der Waals surface area (Å²) >= 11 is 0. The lowest BCUT2D eigenvalue weighted by molar-refractivity contribution is -0.117. The molecule has 0 radical (unpaired) electrons. The number of nitrogens with one attached hydrogen (secondary N) is 1. The fourth-order valence-electron chi connectivity index (χ4n) is 2.63. The Balaban J connectivity index is 1.58. The maximum Gasteiger partial charge on any atom is 0.238 e. The highest BCUT2D eigenvalue weighted by Gasteiger charge is 2.22. The SMILES string of the molecule is CCN(CC(=O)Nc1ccc2c(c1)OCCO2)Cc1noc(C(C)(C)C)n1. The average molecular weight is 374 g/mol. The number of hydrogen-bond acceptors (Lipinski definition) is 7. The van der Waals surface area contributed by atoms with E-state index in [1.54, 1.807) is 18.2 Å². The minimum atomic E-state index is -0.197. The average Bonchev–Trinajstić information content (AvgIpc) is 3.10. The molecular weight excluding hydrogens is 348 g/mol. The van der Waals surface area contributed by atoms with Crippen LogP contribution in [0, 0.1) is 0 Å². The van der Waals surface area contributed by atoms with Crippen molar-refractivity contribution in [3.05, 3.63) is 29.9 Å². The maximum absolute atomic E-state index is 12.4. The molecule has 8 nitrogen and oxygen atoms in total. The summed E-state index contributed by atoms with van der Waals surface area (Å²) in [5.74, 6) is 2.39. The summed E-state index contributed by atoms with van der Waals surface area (Å²) in [4.78, 5) is 18.8. The van der Waals surface area contributed by atoms with E-state index >= 15 is 0 Å². The molecule has 0 unspecified atom stereocenters. The molecule has 0 spiro atoms. The predicted molar refractivity (Wildman–Crippen MR) is 100 cm³/mol. The van der Waals surface area contributed by atoms with Crippen LogP contribution in [0.3, 0.4) is 0 Å². The molecule has 2 aromatic rings. The van der Waals surface area contributed by atoms with E-state index in [0.717, 1.165) is 0 Å². The molecule has 0 fully saturated rings. The van der Waals surface area contributed by atoms with Crippen molar-refractivity contribution in [3.63, 3.8) is 0 Å². The second kappa shape index (κ2) is 7.96. The van der Waals surface area contributed by atoms with E-state index in [2.05, 4.69) is 15.5 Å². The van der Waals surface area contributed by atoms with E-state index in [1.165, 1.54) is 0 Å². The van der Waals surface area contributed by atoms with Crippen LogP contribution in [0.15, 0.2) is 22.7 Å². The van der Waals surface area contributed by atoms with Gasteiger partial charge in [-0.1, -0.05) is 32.9 Å². The molecule has 2 heterocycles. The Morgan fingerprint density at radius 3 is 2.63 bits per heavy atom. The molecule has 1 aromatic heterocycles. The third kappa shape index (κ3) is 4.97. The van der Waals surface area contributed by atoms with Gasteiger partial charge < -0.3 is 19.3 Å². The van der Waals surface area contributed by atoms with Gasteiger partial charge in [-0.05, 0) is 18.7 Å². The first-order valence-electron chi connectivity index (χ1n) is 9.10. The lowest BCUT2D eigenvalue weighted by Crippen LogP contribution is -2.33. The van der Waals surface area contributed by atoms with Crippen LogP contribution < -0.4 is 14.8 Å². The largest absolute Gasteiger partial charge is 0.486 e. The lowest BCUT2D eigenvalue weighted by atomic mass is 9.97. The van der Waals surface area contributed by atoms with Gasteiger partial charge in [-0.15, -0.1) is 0 Å². The molecule has 146 valence electrons. The summed E-state index contributed by atoms with van der Waals surface area (Å²) in [6.07, 6.45) is 0. The molecule has 0 bridgehead atoms. The van der Waals surface area contributed by atoms with Gasteiger partial charge in [0.1, 0.15) is 13.2 Å².